The SMILES string of the molecule is O=C(c1cc(Cl)cc(Br)c1)N(CCO)C1CCCC1. The van der Waals surface area contributed by atoms with Gasteiger partial charge in [-0.15, -0.1) is 0 Å². The number of aliphatic hydroxyl groups excluding tert-OH is 1. The van der Waals surface area contributed by atoms with E-state index in [0.717, 1.165) is 30.2 Å². The number of halogens is 2. The van der Waals surface area contributed by atoms with Crippen molar-refractivity contribution in [3.8, 4) is 0 Å². The van der Waals surface area contributed by atoms with Crippen LogP contribution in [0.15, 0.2) is 22.7 Å². The topological polar surface area (TPSA) is 40.5 Å². The molecule has 0 unspecified atom stereocenters. The number of rotatable bonds is 4. The van der Waals surface area contributed by atoms with Gasteiger partial charge in [-0.25, -0.2) is 0 Å². The molecule has 0 aromatic heterocycles. The number of benzene rings is 1. The summed E-state index contributed by atoms with van der Waals surface area (Å²) in [5.41, 5.74) is 0.569. The van der Waals surface area contributed by atoms with E-state index in [2.05, 4.69) is 15.9 Å². The van der Waals surface area contributed by atoms with E-state index in [1.807, 2.05) is 0 Å². The van der Waals surface area contributed by atoms with Gasteiger partial charge < -0.3 is 10.0 Å². The van der Waals surface area contributed by atoms with Gasteiger partial charge in [0.2, 0.25) is 0 Å². The van der Waals surface area contributed by atoms with Gasteiger partial charge in [-0.2, -0.15) is 0 Å². The minimum atomic E-state index is -0.0517. The summed E-state index contributed by atoms with van der Waals surface area (Å²) in [7, 11) is 0. The predicted octanol–water partition coefficient (Wildman–Crippen LogP) is 3.48. The lowest BCUT2D eigenvalue weighted by Gasteiger charge is -2.28. The van der Waals surface area contributed by atoms with Crippen molar-refractivity contribution in [3.63, 3.8) is 0 Å². The zero-order valence-corrected chi connectivity index (χ0v) is 13.0. The number of carbonyl (C=O) groups is 1. The maximum absolute atomic E-state index is 12.6. The van der Waals surface area contributed by atoms with Crippen molar-refractivity contribution in [1.29, 1.82) is 0 Å². The molecule has 0 radical (unpaired) electrons. The van der Waals surface area contributed by atoms with Crippen molar-refractivity contribution in [1.82, 2.24) is 4.90 Å². The number of nitrogens with zero attached hydrogens (tertiary/aromatic N) is 1. The van der Waals surface area contributed by atoms with E-state index in [0.29, 0.717) is 17.1 Å². The molecule has 104 valence electrons. The van der Waals surface area contributed by atoms with E-state index in [-0.39, 0.29) is 18.6 Å². The van der Waals surface area contributed by atoms with E-state index in [9.17, 15) is 9.90 Å². The van der Waals surface area contributed by atoms with Gasteiger partial charge in [0.25, 0.3) is 5.91 Å². The standard InChI is InChI=1S/C14H17BrClNO2/c15-11-7-10(8-12(16)9-11)14(19)17(5-6-18)13-3-1-2-4-13/h7-9,13,18H,1-6H2. The van der Waals surface area contributed by atoms with Crippen molar-refractivity contribution in [2.75, 3.05) is 13.2 Å². The average molecular weight is 347 g/mol. The van der Waals surface area contributed by atoms with Gasteiger partial charge in [0.1, 0.15) is 0 Å². The quantitative estimate of drug-likeness (QED) is 0.907. The Labute approximate surface area is 126 Å². The second kappa shape index (κ2) is 6.73. The third-order valence-electron chi connectivity index (χ3n) is 3.48. The first-order valence-electron chi connectivity index (χ1n) is 6.49. The van der Waals surface area contributed by atoms with Gasteiger partial charge in [0, 0.05) is 27.6 Å². The molecular formula is C14H17BrClNO2. The Hall–Kier alpha value is -0.580. The predicted molar refractivity (Wildman–Crippen MR) is 79.5 cm³/mol. The highest BCUT2D eigenvalue weighted by atomic mass is 79.9. The van der Waals surface area contributed by atoms with Crippen LogP contribution in [0.2, 0.25) is 5.02 Å². The Bertz CT molecular complexity index is 441. The van der Waals surface area contributed by atoms with Gasteiger partial charge in [-0.05, 0) is 31.0 Å². The average Bonchev–Trinajstić information content (AvgIpc) is 2.87. The molecule has 1 aliphatic carbocycles. The normalized spacial score (nSPS) is 15.7. The molecule has 0 spiro atoms. The van der Waals surface area contributed by atoms with Crippen LogP contribution in [0.3, 0.4) is 0 Å². The lowest BCUT2D eigenvalue weighted by molar-refractivity contribution is 0.0638. The molecule has 0 atom stereocenters. The van der Waals surface area contributed by atoms with Gasteiger partial charge in [0.15, 0.2) is 0 Å². The van der Waals surface area contributed by atoms with E-state index >= 15 is 0 Å². The lowest BCUT2D eigenvalue weighted by Crippen LogP contribution is -2.40. The maximum Gasteiger partial charge on any atom is 0.254 e. The molecule has 0 aliphatic heterocycles. The van der Waals surface area contributed by atoms with Gasteiger partial charge >= 0.3 is 0 Å². The summed E-state index contributed by atoms with van der Waals surface area (Å²) in [6.07, 6.45) is 4.35. The van der Waals surface area contributed by atoms with Crippen molar-refractivity contribution in [2.45, 2.75) is 31.7 Å². The zero-order chi connectivity index (χ0) is 13.8. The van der Waals surface area contributed by atoms with E-state index < -0.39 is 0 Å². The summed E-state index contributed by atoms with van der Waals surface area (Å²) in [5.74, 6) is -0.0517. The van der Waals surface area contributed by atoms with Crippen LogP contribution >= 0.6 is 27.5 Å². The van der Waals surface area contributed by atoms with Crippen molar-refractivity contribution in [2.24, 2.45) is 0 Å². The van der Waals surface area contributed by atoms with Crippen LogP contribution in [-0.4, -0.2) is 35.1 Å². The minimum Gasteiger partial charge on any atom is -0.395 e. The van der Waals surface area contributed by atoms with Crippen LogP contribution in [0.4, 0.5) is 0 Å². The summed E-state index contributed by atoms with van der Waals surface area (Å²) < 4.78 is 0.790. The van der Waals surface area contributed by atoms with Crippen LogP contribution in [0.1, 0.15) is 36.0 Å². The third kappa shape index (κ3) is 3.71. The molecule has 0 bridgehead atoms. The molecule has 1 aliphatic rings. The zero-order valence-electron chi connectivity index (χ0n) is 10.6. The molecule has 1 aromatic rings. The highest BCUT2D eigenvalue weighted by molar-refractivity contribution is 9.10. The number of hydrogen-bond donors (Lipinski definition) is 1. The van der Waals surface area contributed by atoms with Crippen molar-refractivity contribution >= 4 is 33.4 Å². The fraction of sp³-hybridized carbons (Fsp3) is 0.500. The minimum absolute atomic E-state index is 0.00995. The number of aliphatic hydroxyl groups is 1. The molecule has 3 nitrogen and oxygen atoms in total. The fourth-order valence-electron chi connectivity index (χ4n) is 2.62. The summed E-state index contributed by atoms with van der Waals surface area (Å²) >= 11 is 9.33. The molecule has 19 heavy (non-hydrogen) atoms. The smallest absolute Gasteiger partial charge is 0.254 e. The Kier molecular flexibility index (Phi) is 5.25. The second-order valence-electron chi connectivity index (χ2n) is 4.82. The van der Waals surface area contributed by atoms with E-state index in [1.165, 1.54) is 0 Å². The van der Waals surface area contributed by atoms with Crippen molar-refractivity contribution < 1.29 is 9.90 Å². The first-order valence-corrected chi connectivity index (χ1v) is 7.67. The molecule has 0 heterocycles. The molecule has 1 aromatic carbocycles. The van der Waals surface area contributed by atoms with Gasteiger partial charge in [-0.3, -0.25) is 4.79 Å². The van der Waals surface area contributed by atoms with Crippen molar-refractivity contribution in [3.05, 3.63) is 33.3 Å². The second-order valence-corrected chi connectivity index (χ2v) is 6.17. The van der Waals surface area contributed by atoms with E-state index in [1.54, 1.807) is 23.1 Å². The van der Waals surface area contributed by atoms with Crippen LogP contribution in [-0.2, 0) is 0 Å². The Morgan fingerprint density at radius 1 is 1.37 bits per heavy atom. The molecular weight excluding hydrogens is 330 g/mol. The Balaban J connectivity index is 2.22. The molecule has 2 rings (SSSR count). The largest absolute Gasteiger partial charge is 0.395 e. The fourth-order valence-corrected chi connectivity index (χ4v) is 3.48. The molecule has 1 saturated carbocycles. The number of hydrogen-bond acceptors (Lipinski definition) is 2. The highest BCUT2D eigenvalue weighted by Gasteiger charge is 2.27. The summed E-state index contributed by atoms with van der Waals surface area (Å²) in [4.78, 5) is 14.3. The lowest BCUT2D eigenvalue weighted by atomic mass is 10.1. The number of amides is 1. The molecule has 1 N–H and O–H groups in total. The first kappa shape index (κ1) is 14.8. The molecule has 0 saturated heterocycles. The Morgan fingerprint density at radius 2 is 2.05 bits per heavy atom. The Morgan fingerprint density at radius 3 is 2.63 bits per heavy atom. The van der Waals surface area contributed by atoms with Gasteiger partial charge in [0.05, 0.1) is 6.61 Å². The maximum atomic E-state index is 12.6. The third-order valence-corrected chi connectivity index (χ3v) is 4.15. The molecule has 1 amide bonds. The number of carbonyl (C=O) groups excluding carboxylic acids is 1. The van der Waals surface area contributed by atoms with E-state index in [4.69, 9.17) is 11.6 Å². The van der Waals surface area contributed by atoms with Crippen LogP contribution in [0, 0.1) is 0 Å². The van der Waals surface area contributed by atoms with Crippen LogP contribution < -0.4 is 0 Å². The van der Waals surface area contributed by atoms with Crippen LogP contribution in [0.5, 0.6) is 0 Å². The first-order chi connectivity index (χ1) is 9.11. The summed E-state index contributed by atoms with van der Waals surface area (Å²) in [6.45, 7) is 0.373. The summed E-state index contributed by atoms with van der Waals surface area (Å²) in [6, 6.07) is 5.45. The summed E-state index contributed by atoms with van der Waals surface area (Å²) in [5, 5.41) is 9.71. The molecule has 1 fully saturated rings. The van der Waals surface area contributed by atoms with Gasteiger partial charge in [-0.1, -0.05) is 40.4 Å². The molecule has 5 heteroatoms. The van der Waals surface area contributed by atoms with Crippen LogP contribution in [0.25, 0.3) is 0 Å². The highest BCUT2D eigenvalue weighted by Crippen LogP contribution is 2.26. The monoisotopic (exact) mass is 345 g/mol.